The summed E-state index contributed by atoms with van der Waals surface area (Å²) in [6, 6.07) is 15.8. The Labute approximate surface area is 142 Å². The van der Waals surface area contributed by atoms with Gasteiger partial charge in [0, 0.05) is 16.8 Å². The summed E-state index contributed by atoms with van der Waals surface area (Å²) < 4.78 is 0. The fraction of sp³-hybridized carbons (Fsp3) is 0.300. The number of carbonyl (C=O) groups excluding carboxylic acids is 2. The largest absolute Gasteiger partial charge is 0.363 e. The lowest BCUT2D eigenvalue weighted by Crippen LogP contribution is -2.56. The van der Waals surface area contributed by atoms with Gasteiger partial charge in [0.15, 0.2) is 12.1 Å². The number of likely N-dealkylation sites (N-methyl/N-ethyl adjacent to an activating group) is 1. The molecule has 1 N–H and O–H groups in total. The molecule has 0 spiro atoms. The first-order chi connectivity index (χ1) is 11.5. The Morgan fingerprint density at radius 2 is 1.96 bits per heavy atom. The van der Waals surface area contributed by atoms with Gasteiger partial charge in [-0.2, -0.15) is 0 Å². The van der Waals surface area contributed by atoms with Gasteiger partial charge in [0.1, 0.15) is 6.17 Å². The maximum absolute atomic E-state index is 11.9. The molecule has 2 atom stereocenters. The third-order valence-corrected chi connectivity index (χ3v) is 5.09. The van der Waals surface area contributed by atoms with Gasteiger partial charge in [-0.05, 0) is 44.2 Å². The smallest absolute Gasteiger partial charge is 0.159 e. The second-order valence-electron chi connectivity index (χ2n) is 6.23. The van der Waals surface area contributed by atoms with Crippen LogP contribution < -0.4 is 5.32 Å². The zero-order valence-electron chi connectivity index (χ0n) is 14.2. The van der Waals surface area contributed by atoms with Crippen LogP contribution in [0.3, 0.4) is 0 Å². The molecule has 0 saturated heterocycles. The molecule has 4 nitrogen and oxygen atoms in total. The number of fused-ring (bicyclic) bond motifs is 1. The van der Waals surface area contributed by atoms with Crippen LogP contribution in [0.2, 0.25) is 0 Å². The zero-order chi connectivity index (χ0) is 17.3. The molecule has 2 aromatic rings. The molecule has 24 heavy (non-hydrogen) atoms. The van der Waals surface area contributed by atoms with Crippen molar-refractivity contribution in [1.29, 1.82) is 0 Å². The van der Waals surface area contributed by atoms with E-state index in [1.807, 2.05) is 43.4 Å². The molecule has 3 rings (SSSR count). The lowest BCUT2D eigenvalue weighted by Gasteiger charge is -2.49. The predicted molar refractivity (Wildman–Crippen MR) is 95.2 cm³/mol. The van der Waals surface area contributed by atoms with Crippen molar-refractivity contribution in [3.8, 4) is 0 Å². The minimum atomic E-state index is -0.459. The van der Waals surface area contributed by atoms with Crippen molar-refractivity contribution in [2.24, 2.45) is 0 Å². The SMILES string of the molecule is CCC1(c2ccccc2)c2cc(C(C)=O)ccc2NC(C=O)N1C. The first kappa shape index (κ1) is 16.4. The van der Waals surface area contributed by atoms with Gasteiger partial charge in [-0.3, -0.25) is 14.5 Å². The molecule has 2 unspecified atom stereocenters. The summed E-state index contributed by atoms with van der Waals surface area (Å²) in [4.78, 5) is 25.6. The number of rotatable bonds is 4. The Kier molecular flexibility index (Phi) is 4.24. The highest BCUT2D eigenvalue weighted by molar-refractivity contribution is 5.95. The first-order valence-electron chi connectivity index (χ1n) is 8.20. The minimum absolute atomic E-state index is 0.0380. The number of carbonyl (C=O) groups is 2. The fourth-order valence-electron chi connectivity index (χ4n) is 3.76. The summed E-state index contributed by atoms with van der Waals surface area (Å²) in [5.41, 5.74) is 3.27. The van der Waals surface area contributed by atoms with Gasteiger partial charge in [0.25, 0.3) is 0 Å². The number of anilines is 1. The minimum Gasteiger partial charge on any atom is -0.363 e. The van der Waals surface area contributed by atoms with Gasteiger partial charge in [-0.15, -0.1) is 0 Å². The number of hydrogen-bond donors (Lipinski definition) is 1. The van der Waals surface area contributed by atoms with Crippen LogP contribution in [0.5, 0.6) is 0 Å². The van der Waals surface area contributed by atoms with Crippen LogP contribution >= 0.6 is 0 Å². The molecule has 0 saturated carbocycles. The molecule has 124 valence electrons. The van der Waals surface area contributed by atoms with E-state index in [2.05, 4.69) is 29.3 Å². The Morgan fingerprint density at radius 3 is 2.54 bits per heavy atom. The van der Waals surface area contributed by atoms with Crippen LogP contribution in [0.25, 0.3) is 0 Å². The molecule has 0 radical (unpaired) electrons. The highest BCUT2D eigenvalue weighted by Crippen LogP contribution is 2.46. The molecule has 1 aliphatic rings. The molecule has 0 aromatic heterocycles. The van der Waals surface area contributed by atoms with Crippen LogP contribution in [0.1, 0.15) is 41.8 Å². The maximum Gasteiger partial charge on any atom is 0.159 e. The molecule has 4 heteroatoms. The highest BCUT2D eigenvalue weighted by atomic mass is 16.1. The highest BCUT2D eigenvalue weighted by Gasteiger charge is 2.45. The molecule has 0 aliphatic carbocycles. The molecular weight excluding hydrogens is 300 g/mol. The maximum atomic E-state index is 11.9. The second-order valence-corrected chi connectivity index (χ2v) is 6.23. The normalized spacial score (nSPS) is 23.2. The summed E-state index contributed by atoms with van der Waals surface area (Å²) in [7, 11) is 1.95. The third kappa shape index (κ3) is 2.34. The van der Waals surface area contributed by atoms with E-state index < -0.39 is 11.7 Å². The molecule has 1 aliphatic heterocycles. The van der Waals surface area contributed by atoms with Crippen molar-refractivity contribution in [2.45, 2.75) is 32.0 Å². The quantitative estimate of drug-likeness (QED) is 0.692. The van der Waals surface area contributed by atoms with Crippen molar-refractivity contribution in [3.63, 3.8) is 0 Å². The lowest BCUT2D eigenvalue weighted by molar-refractivity contribution is -0.113. The molecular formula is C20H22N2O2. The van der Waals surface area contributed by atoms with E-state index in [0.717, 1.165) is 29.5 Å². The average molecular weight is 322 g/mol. The van der Waals surface area contributed by atoms with Gasteiger partial charge < -0.3 is 5.32 Å². The summed E-state index contributed by atoms with van der Waals surface area (Å²) in [5.74, 6) is 0.0380. The second kappa shape index (κ2) is 6.21. The number of hydrogen-bond acceptors (Lipinski definition) is 4. The van der Waals surface area contributed by atoms with Crippen molar-refractivity contribution in [1.82, 2.24) is 4.90 Å². The fourth-order valence-corrected chi connectivity index (χ4v) is 3.76. The average Bonchev–Trinajstić information content (AvgIpc) is 2.62. The molecule has 0 bridgehead atoms. The van der Waals surface area contributed by atoms with E-state index in [1.54, 1.807) is 6.92 Å². The number of nitrogens with zero attached hydrogens (tertiary/aromatic N) is 1. The van der Waals surface area contributed by atoms with Gasteiger partial charge in [0.2, 0.25) is 0 Å². The van der Waals surface area contributed by atoms with E-state index in [-0.39, 0.29) is 5.78 Å². The van der Waals surface area contributed by atoms with E-state index in [0.29, 0.717) is 5.56 Å². The van der Waals surface area contributed by atoms with E-state index in [9.17, 15) is 9.59 Å². The van der Waals surface area contributed by atoms with Gasteiger partial charge in [0.05, 0.1) is 5.54 Å². The molecule has 2 aromatic carbocycles. The van der Waals surface area contributed by atoms with Crippen LogP contribution in [0.15, 0.2) is 48.5 Å². The van der Waals surface area contributed by atoms with Crippen molar-refractivity contribution >= 4 is 17.8 Å². The van der Waals surface area contributed by atoms with Crippen LogP contribution in [0.4, 0.5) is 5.69 Å². The number of nitrogens with one attached hydrogen (secondary N) is 1. The Morgan fingerprint density at radius 1 is 1.25 bits per heavy atom. The van der Waals surface area contributed by atoms with E-state index in [4.69, 9.17) is 0 Å². The summed E-state index contributed by atoms with van der Waals surface area (Å²) in [5, 5.41) is 3.27. The number of aldehydes is 1. The number of ketones is 1. The first-order valence-corrected chi connectivity index (χ1v) is 8.20. The Bertz CT molecular complexity index is 772. The Balaban J connectivity index is 2.31. The standard InChI is InChI=1S/C20H22N2O2/c1-4-20(16-8-6-5-7-9-16)17-12-15(14(2)24)10-11-18(17)21-19(13-23)22(20)3/h5-13,19,21H,4H2,1-3H3. The van der Waals surface area contributed by atoms with E-state index in [1.165, 1.54) is 0 Å². The third-order valence-electron chi connectivity index (χ3n) is 5.09. The predicted octanol–water partition coefficient (Wildman–Crippen LogP) is 3.43. The molecule has 1 heterocycles. The van der Waals surface area contributed by atoms with Gasteiger partial charge in [-0.1, -0.05) is 37.3 Å². The van der Waals surface area contributed by atoms with Crippen LogP contribution in [0, 0.1) is 0 Å². The molecule has 0 fully saturated rings. The van der Waals surface area contributed by atoms with Crippen molar-refractivity contribution in [3.05, 3.63) is 65.2 Å². The lowest BCUT2D eigenvalue weighted by atomic mass is 9.76. The summed E-state index contributed by atoms with van der Waals surface area (Å²) in [6.45, 7) is 3.69. The van der Waals surface area contributed by atoms with Crippen LogP contribution in [-0.2, 0) is 10.3 Å². The monoisotopic (exact) mass is 322 g/mol. The van der Waals surface area contributed by atoms with Crippen molar-refractivity contribution in [2.75, 3.05) is 12.4 Å². The zero-order valence-corrected chi connectivity index (χ0v) is 14.2. The summed E-state index contributed by atoms with van der Waals surface area (Å²) in [6.07, 6.45) is 1.30. The summed E-state index contributed by atoms with van der Waals surface area (Å²) >= 11 is 0. The van der Waals surface area contributed by atoms with Crippen molar-refractivity contribution < 1.29 is 9.59 Å². The van der Waals surface area contributed by atoms with Gasteiger partial charge >= 0.3 is 0 Å². The number of Topliss-reactive ketones (excluding diaryl/α,β-unsaturated/α-hetero) is 1. The topological polar surface area (TPSA) is 49.4 Å². The van der Waals surface area contributed by atoms with Crippen LogP contribution in [-0.4, -0.2) is 30.2 Å². The number of benzene rings is 2. The molecule has 0 amide bonds. The van der Waals surface area contributed by atoms with Gasteiger partial charge in [-0.25, -0.2) is 0 Å². The van der Waals surface area contributed by atoms with E-state index >= 15 is 0 Å². The Hall–Kier alpha value is -2.46.